The van der Waals surface area contributed by atoms with Gasteiger partial charge in [0.1, 0.15) is 4.83 Å². The molecule has 0 amide bonds. The van der Waals surface area contributed by atoms with Crippen LogP contribution in [0.15, 0.2) is 0 Å². The first-order valence-electron chi connectivity index (χ1n) is 5.35. The molecule has 0 saturated heterocycles. The fraction of sp³-hybridized carbons (Fsp3) is 0.417. The van der Waals surface area contributed by atoms with Crippen molar-refractivity contribution in [3.05, 3.63) is 21.7 Å². The molecule has 0 fully saturated rings. The zero-order valence-corrected chi connectivity index (χ0v) is 9.87. The topological polar surface area (TPSA) is 38.9 Å². The summed E-state index contributed by atoms with van der Waals surface area (Å²) in [6, 6.07) is 0. The second-order valence-electron chi connectivity index (χ2n) is 4.27. The fourth-order valence-electron chi connectivity index (χ4n) is 2.42. The van der Waals surface area contributed by atoms with Crippen LogP contribution in [0.2, 0.25) is 0 Å². The van der Waals surface area contributed by atoms with Crippen molar-refractivity contribution in [2.75, 3.05) is 5.73 Å². The second kappa shape index (κ2) is 2.95. The number of anilines is 1. The van der Waals surface area contributed by atoms with Crippen molar-refractivity contribution >= 4 is 27.2 Å². The number of rotatable bonds is 0. The minimum absolute atomic E-state index is 0.995. The Balaban J connectivity index is 2.46. The van der Waals surface area contributed by atoms with Gasteiger partial charge < -0.3 is 5.73 Å². The Morgan fingerprint density at radius 2 is 2.07 bits per heavy atom. The summed E-state index contributed by atoms with van der Waals surface area (Å²) in [5.41, 5.74) is 11.1. The molecule has 0 atom stereocenters. The average molecular weight is 218 g/mol. The van der Waals surface area contributed by atoms with Gasteiger partial charge in [0.15, 0.2) is 0 Å². The summed E-state index contributed by atoms with van der Waals surface area (Å²) in [6.07, 6.45) is 3.42. The van der Waals surface area contributed by atoms with Crippen molar-refractivity contribution in [3.63, 3.8) is 0 Å². The zero-order chi connectivity index (χ0) is 10.6. The molecule has 2 aromatic rings. The van der Waals surface area contributed by atoms with Crippen LogP contribution in [0.5, 0.6) is 0 Å². The van der Waals surface area contributed by atoms with E-state index in [1.54, 1.807) is 11.3 Å². The molecule has 0 unspecified atom stereocenters. The van der Waals surface area contributed by atoms with E-state index in [-0.39, 0.29) is 0 Å². The molecule has 0 aliphatic heterocycles. The maximum absolute atomic E-state index is 6.25. The highest BCUT2D eigenvalue weighted by molar-refractivity contribution is 7.18. The summed E-state index contributed by atoms with van der Waals surface area (Å²) in [5, 5.41) is 1.21. The van der Waals surface area contributed by atoms with Crippen LogP contribution < -0.4 is 5.73 Å². The van der Waals surface area contributed by atoms with Gasteiger partial charge in [-0.2, -0.15) is 0 Å². The lowest BCUT2D eigenvalue weighted by Crippen LogP contribution is -1.97. The van der Waals surface area contributed by atoms with Gasteiger partial charge in [0.2, 0.25) is 0 Å². The number of hydrogen-bond donors (Lipinski definition) is 1. The summed E-state index contributed by atoms with van der Waals surface area (Å²) < 4.78 is 0. The highest BCUT2D eigenvalue weighted by atomic mass is 32.1. The van der Waals surface area contributed by atoms with Crippen LogP contribution in [-0.2, 0) is 12.8 Å². The van der Waals surface area contributed by atoms with E-state index in [1.165, 1.54) is 33.5 Å². The number of nitrogens with two attached hydrogens (primary N) is 1. The minimum atomic E-state index is 0.995. The Morgan fingerprint density at radius 3 is 2.87 bits per heavy atom. The summed E-state index contributed by atoms with van der Waals surface area (Å²) in [4.78, 5) is 7.21. The molecule has 3 heteroatoms. The first-order valence-corrected chi connectivity index (χ1v) is 6.17. The van der Waals surface area contributed by atoms with Crippen molar-refractivity contribution in [2.24, 2.45) is 0 Å². The van der Waals surface area contributed by atoms with Crippen LogP contribution in [0.25, 0.3) is 10.2 Å². The van der Waals surface area contributed by atoms with Gasteiger partial charge in [0, 0.05) is 21.6 Å². The third-order valence-corrected chi connectivity index (χ3v) is 4.49. The summed E-state index contributed by atoms with van der Waals surface area (Å²) >= 11 is 1.77. The molecule has 3 rings (SSSR count). The first-order chi connectivity index (χ1) is 7.18. The van der Waals surface area contributed by atoms with Gasteiger partial charge in [-0.15, -0.1) is 11.3 Å². The Hall–Kier alpha value is -1.09. The molecule has 2 N–H and O–H groups in total. The molecule has 2 nitrogen and oxygen atoms in total. The molecule has 0 spiro atoms. The molecule has 0 radical (unpaired) electrons. The molecule has 2 heterocycles. The predicted octanol–water partition coefficient (Wildman–Crippen LogP) is 2.98. The lowest BCUT2D eigenvalue weighted by atomic mass is 10.1. The normalized spacial score (nSPS) is 14.8. The van der Waals surface area contributed by atoms with Gasteiger partial charge >= 0.3 is 0 Å². The van der Waals surface area contributed by atoms with E-state index in [9.17, 15) is 0 Å². The van der Waals surface area contributed by atoms with Gasteiger partial charge in [-0.3, -0.25) is 0 Å². The lowest BCUT2D eigenvalue weighted by molar-refractivity contribution is 0.902. The number of aryl methyl sites for hydroxylation is 3. The van der Waals surface area contributed by atoms with Gasteiger partial charge in [-0.1, -0.05) is 0 Å². The predicted molar refractivity (Wildman–Crippen MR) is 65.5 cm³/mol. The zero-order valence-electron chi connectivity index (χ0n) is 9.05. The summed E-state index contributed by atoms with van der Waals surface area (Å²) in [5.74, 6) is 0. The maximum atomic E-state index is 6.25. The second-order valence-corrected chi connectivity index (χ2v) is 5.47. The Morgan fingerprint density at radius 1 is 1.27 bits per heavy atom. The monoisotopic (exact) mass is 218 g/mol. The largest absolute Gasteiger partial charge is 0.398 e. The van der Waals surface area contributed by atoms with Gasteiger partial charge in [-0.05, 0) is 44.2 Å². The SMILES string of the molecule is Cc1sc2nc3c(c(N)c2c1C)CCC3. The fourth-order valence-corrected chi connectivity index (χ4v) is 3.49. The third-order valence-electron chi connectivity index (χ3n) is 3.39. The number of hydrogen-bond acceptors (Lipinski definition) is 3. The highest BCUT2D eigenvalue weighted by Gasteiger charge is 2.20. The third kappa shape index (κ3) is 1.13. The first kappa shape index (κ1) is 9.16. The van der Waals surface area contributed by atoms with Crippen LogP contribution >= 0.6 is 11.3 Å². The lowest BCUT2D eigenvalue weighted by Gasteiger charge is -2.05. The van der Waals surface area contributed by atoms with Gasteiger partial charge in [-0.25, -0.2) is 4.98 Å². The van der Waals surface area contributed by atoms with Crippen LogP contribution in [-0.4, -0.2) is 4.98 Å². The number of fused-ring (bicyclic) bond motifs is 2. The van der Waals surface area contributed by atoms with E-state index in [0.29, 0.717) is 0 Å². The van der Waals surface area contributed by atoms with Crippen molar-refractivity contribution in [1.29, 1.82) is 0 Å². The maximum Gasteiger partial charge on any atom is 0.126 e. The molecule has 1 aliphatic carbocycles. The molecule has 2 aromatic heterocycles. The van der Waals surface area contributed by atoms with E-state index in [4.69, 9.17) is 10.7 Å². The van der Waals surface area contributed by atoms with E-state index >= 15 is 0 Å². The molecule has 0 bridgehead atoms. The molecule has 1 aliphatic rings. The Labute approximate surface area is 93.1 Å². The molecule has 15 heavy (non-hydrogen) atoms. The number of thiophene rings is 1. The summed E-state index contributed by atoms with van der Waals surface area (Å²) in [6.45, 7) is 4.29. The van der Waals surface area contributed by atoms with Crippen LogP contribution in [0, 0.1) is 13.8 Å². The number of nitrogen functional groups attached to an aromatic ring is 1. The summed E-state index contributed by atoms with van der Waals surface area (Å²) in [7, 11) is 0. The van der Waals surface area contributed by atoms with Crippen molar-refractivity contribution in [1.82, 2.24) is 4.98 Å². The quantitative estimate of drug-likeness (QED) is 0.738. The molecule has 0 aromatic carbocycles. The smallest absolute Gasteiger partial charge is 0.126 e. The van der Waals surface area contributed by atoms with Crippen LogP contribution in [0.4, 0.5) is 5.69 Å². The van der Waals surface area contributed by atoms with E-state index < -0.39 is 0 Å². The van der Waals surface area contributed by atoms with Gasteiger partial charge in [0.25, 0.3) is 0 Å². The number of pyridine rings is 1. The Bertz CT molecular complexity index is 554. The minimum Gasteiger partial charge on any atom is -0.398 e. The van der Waals surface area contributed by atoms with Crippen LogP contribution in [0.1, 0.15) is 28.1 Å². The van der Waals surface area contributed by atoms with Crippen molar-refractivity contribution in [2.45, 2.75) is 33.1 Å². The van der Waals surface area contributed by atoms with E-state index in [1.807, 2.05) is 0 Å². The number of aromatic nitrogens is 1. The van der Waals surface area contributed by atoms with Crippen molar-refractivity contribution < 1.29 is 0 Å². The van der Waals surface area contributed by atoms with E-state index in [2.05, 4.69) is 13.8 Å². The average Bonchev–Trinajstić information content (AvgIpc) is 2.74. The molecule has 78 valence electrons. The van der Waals surface area contributed by atoms with Gasteiger partial charge in [0.05, 0.1) is 0 Å². The highest BCUT2D eigenvalue weighted by Crippen LogP contribution is 2.38. The van der Waals surface area contributed by atoms with Crippen LogP contribution in [0.3, 0.4) is 0 Å². The van der Waals surface area contributed by atoms with Crippen molar-refractivity contribution in [3.8, 4) is 0 Å². The Kier molecular flexibility index (Phi) is 1.80. The molecular weight excluding hydrogens is 204 g/mol. The standard InChI is InChI=1S/C12H14N2S/c1-6-7(2)15-12-10(6)11(13)8-4-3-5-9(8)14-12/h3-5H2,1-2H3,(H2,13,14). The van der Waals surface area contributed by atoms with E-state index in [0.717, 1.165) is 23.4 Å². The molecular formula is C12H14N2S. The molecule has 0 saturated carbocycles. The number of nitrogens with zero attached hydrogens (tertiary/aromatic N) is 1.